The summed E-state index contributed by atoms with van der Waals surface area (Å²) in [5, 5.41) is 4.78. The molecule has 76 valence electrons. The minimum absolute atomic E-state index is 0.560. The van der Waals surface area contributed by atoms with Crippen molar-refractivity contribution in [3.05, 3.63) is 33.3 Å². The van der Waals surface area contributed by atoms with E-state index in [1.807, 2.05) is 12.1 Å². The molecule has 14 heavy (non-hydrogen) atoms. The molecule has 0 fully saturated rings. The predicted octanol–water partition coefficient (Wildman–Crippen LogP) is 3.07. The van der Waals surface area contributed by atoms with Crippen LogP contribution in [0.5, 0.6) is 0 Å². The van der Waals surface area contributed by atoms with Gasteiger partial charge in [-0.1, -0.05) is 30.1 Å². The monoisotopic (exact) mass is 229 g/mol. The Morgan fingerprint density at radius 2 is 1.71 bits per heavy atom. The summed E-state index contributed by atoms with van der Waals surface area (Å²) in [7, 11) is 0. The molecular formula is C11H13Cl2N. The summed E-state index contributed by atoms with van der Waals surface area (Å²) in [5.41, 5.74) is 2.68. The first-order valence-electron chi connectivity index (χ1n) is 4.91. The second-order valence-electron chi connectivity index (χ2n) is 3.70. The van der Waals surface area contributed by atoms with E-state index in [-0.39, 0.29) is 0 Å². The lowest BCUT2D eigenvalue weighted by Crippen LogP contribution is -2.28. The molecule has 1 aromatic rings. The van der Waals surface area contributed by atoms with E-state index in [1.54, 1.807) is 0 Å². The summed E-state index contributed by atoms with van der Waals surface area (Å²) < 4.78 is 0. The number of fused-ring (bicyclic) bond motifs is 1. The summed E-state index contributed by atoms with van der Waals surface area (Å²) in [4.78, 5) is 0. The van der Waals surface area contributed by atoms with E-state index in [4.69, 9.17) is 23.2 Å². The standard InChI is InChI=1S/C11H13Cl2N/c1-2-14-9-3-7-5-10(12)11(13)6-8(7)4-9/h5-6,9,14H,2-4H2,1H3. The summed E-state index contributed by atoms with van der Waals surface area (Å²) >= 11 is 11.9. The van der Waals surface area contributed by atoms with Crippen molar-refractivity contribution in [3.8, 4) is 0 Å². The third kappa shape index (κ3) is 1.90. The molecule has 0 bridgehead atoms. The third-order valence-corrected chi connectivity index (χ3v) is 3.39. The molecule has 0 saturated carbocycles. The molecule has 0 radical (unpaired) electrons. The van der Waals surface area contributed by atoms with Crippen molar-refractivity contribution in [2.75, 3.05) is 6.54 Å². The first-order chi connectivity index (χ1) is 6.70. The molecule has 2 rings (SSSR count). The van der Waals surface area contributed by atoms with Gasteiger partial charge in [-0.05, 0) is 42.6 Å². The van der Waals surface area contributed by atoms with Crippen LogP contribution >= 0.6 is 23.2 Å². The van der Waals surface area contributed by atoms with Gasteiger partial charge in [0, 0.05) is 6.04 Å². The molecule has 0 saturated heterocycles. The number of benzene rings is 1. The van der Waals surface area contributed by atoms with Crippen LogP contribution in [-0.4, -0.2) is 12.6 Å². The topological polar surface area (TPSA) is 12.0 Å². The highest BCUT2D eigenvalue weighted by Crippen LogP contribution is 2.31. The van der Waals surface area contributed by atoms with E-state index < -0.39 is 0 Å². The highest BCUT2D eigenvalue weighted by molar-refractivity contribution is 6.42. The van der Waals surface area contributed by atoms with E-state index in [9.17, 15) is 0 Å². The summed E-state index contributed by atoms with van der Waals surface area (Å²) in [6.07, 6.45) is 2.14. The second-order valence-corrected chi connectivity index (χ2v) is 4.51. The Balaban J connectivity index is 2.23. The zero-order chi connectivity index (χ0) is 10.1. The van der Waals surface area contributed by atoms with Gasteiger partial charge in [0.2, 0.25) is 0 Å². The van der Waals surface area contributed by atoms with Crippen LogP contribution in [0, 0.1) is 0 Å². The largest absolute Gasteiger partial charge is 0.314 e. The molecule has 1 nitrogen and oxygen atoms in total. The number of halogens is 2. The SMILES string of the molecule is CCNC1Cc2cc(Cl)c(Cl)cc2C1. The maximum atomic E-state index is 5.96. The highest BCUT2D eigenvalue weighted by atomic mass is 35.5. The van der Waals surface area contributed by atoms with Gasteiger partial charge in [0.1, 0.15) is 0 Å². The first-order valence-corrected chi connectivity index (χ1v) is 5.66. The normalized spacial score (nSPS) is 15.9. The van der Waals surface area contributed by atoms with Gasteiger partial charge in [-0.3, -0.25) is 0 Å². The minimum Gasteiger partial charge on any atom is -0.314 e. The first kappa shape index (κ1) is 10.3. The maximum Gasteiger partial charge on any atom is 0.0595 e. The molecule has 1 aromatic carbocycles. The smallest absolute Gasteiger partial charge is 0.0595 e. The Morgan fingerprint density at radius 1 is 1.21 bits per heavy atom. The van der Waals surface area contributed by atoms with E-state index >= 15 is 0 Å². The van der Waals surface area contributed by atoms with Gasteiger partial charge in [-0.2, -0.15) is 0 Å². The maximum absolute atomic E-state index is 5.96. The molecule has 0 atom stereocenters. The average molecular weight is 230 g/mol. The Kier molecular flexibility index (Phi) is 3.01. The molecule has 0 spiro atoms. The van der Waals surface area contributed by atoms with Crippen molar-refractivity contribution in [2.45, 2.75) is 25.8 Å². The van der Waals surface area contributed by atoms with E-state index in [0.717, 1.165) is 19.4 Å². The van der Waals surface area contributed by atoms with Crippen molar-refractivity contribution in [1.82, 2.24) is 5.32 Å². The van der Waals surface area contributed by atoms with Crippen LogP contribution in [0.15, 0.2) is 12.1 Å². The Morgan fingerprint density at radius 3 is 2.14 bits per heavy atom. The quantitative estimate of drug-likeness (QED) is 0.823. The van der Waals surface area contributed by atoms with Gasteiger partial charge >= 0.3 is 0 Å². The van der Waals surface area contributed by atoms with Gasteiger partial charge in [0.05, 0.1) is 10.0 Å². The molecule has 3 heteroatoms. The van der Waals surface area contributed by atoms with Crippen LogP contribution in [0.3, 0.4) is 0 Å². The summed E-state index contributed by atoms with van der Waals surface area (Å²) in [6.45, 7) is 3.14. The van der Waals surface area contributed by atoms with Crippen molar-refractivity contribution in [3.63, 3.8) is 0 Å². The van der Waals surface area contributed by atoms with E-state index in [1.165, 1.54) is 11.1 Å². The fourth-order valence-corrected chi connectivity index (χ4v) is 2.42. The highest BCUT2D eigenvalue weighted by Gasteiger charge is 2.21. The van der Waals surface area contributed by atoms with E-state index in [2.05, 4.69) is 12.2 Å². The lowest BCUT2D eigenvalue weighted by molar-refractivity contribution is 0.552. The van der Waals surface area contributed by atoms with Crippen LogP contribution in [0.4, 0.5) is 0 Å². The van der Waals surface area contributed by atoms with Gasteiger partial charge in [-0.25, -0.2) is 0 Å². The number of hydrogen-bond acceptors (Lipinski definition) is 1. The number of hydrogen-bond donors (Lipinski definition) is 1. The fraction of sp³-hybridized carbons (Fsp3) is 0.455. The molecule has 0 heterocycles. The average Bonchev–Trinajstić information content (AvgIpc) is 2.48. The van der Waals surface area contributed by atoms with Crippen molar-refractivity contribution in [1.29, 1.82) is 0 Å². The van der Waals surface area contributed by atoms with Crippen molar-refractivity contribution < 1.29 is 0 Å². The zero-order valence-electron chi connectivity index (χ0n) is 8.11. The predicted molar refractivity (Wildman–Crippen MR) is 61.3 cm³/mol. The van der Waals surface area contributed by atoms with Gasteiger partial charge in [0.25, 0.3) is 0 Å². The number of likely N-dealkylation sites (N-methyl/N-ethyl adjacent to an activating group) is 1. The molecule has 0 unspecified atom stereocenters. The lowest BCUT2D eigenvalue weighted by atomic mass is 10.1. The summed E-state index contributed by atoms with van der Waals surface area (Å²) in [5.74, 6) is 0. The third-order valence-electron chi connectivity index (χ3n) is 2.67. The summed E-state index contributed by atoms with van der Waals surface area (Å²) in [6, 6.07) is 4.55. The molecular weight excluding hydrogens is 217 g/mol. The van der Waals surface area contributed by atoms with Crippen molar-refractivity contribution in [2.24, 2.45) is 0 Å². The Bertz CT molecular complexity index is 318. The van der Waals surface area contributed by atoms with Gasteiger partial charge in [0.15, 0.2) is 0 Å². The molecule has 0 aromatic heterocycles. The van der Waals surface area contributed by atoms with E-state index in [0.29, 0.717) is 16.1 Å². The van der Waals surface area contributed by atoms with Gasteiger partial charge < -0.3 is 5.32 Å². The molecule has 1 N–H and O–H groups in total. The second kappa shape index (κ2) is 4.09. The van der Waals surface area contributed by atoms with Crippen LogP contribution in [0.25, 0.3) is 0 Å². The molecule has 1 aliphatic rings. The number of rotatable bonds is 2. The Hall–Kier alpha value is -0.240. The van der Waals surface area contributed by atoms with Crippen LogP contribution in [-0.2, 0) is 12.8 Å². The fourth-order valence-electron chi connectivity index (χ4n) is 2.05. The lowest BCUT2D eigenvalue weighted by Gasteiger charge is -2.08. The minimum atomic E-state index is 0.560. The van der Waals surface area contributed by atoms with Crippen molar-refractivity contribution >= 4 is 23.2 Å². The van der Waals surface area contributed by atoms with Crippen LogP contribution < -0.4 is 5.32 Å². The molecule has 0 aliphatic heterocycles. The number of nitrogens with one attached hydrogen (secondary N) is 1. The molecule has 1 aliphatic carbocycles. The molecule has 0 amide bonds. The van der Waals surface area contributed by atoms with Gasteiger partial charge in [-0.15, -0.1) is 0 Å². The van der Waals surface area contributed by atoms with Crippen LogP contribution in [0.2, 0.25) is 10.0 Å². The zero-order valence-corrected chi connectivity index (χ0v) is 9.62. The Labute approximate surface area is 94.4 Å². The van der Waals surface area contributed by atoms with Crippen LogP contribution in [0.1, 0.15) is 18.1 Å².